The minimum absolute atomic E-state index is 0.131. The molecule has 13 nitrogen and oxygen atoms in total. The summed E-state index contributed by atoms with van der Waals surface area (Å²) in [6.07, 6.45) is 8.90. The molecular weight excluding hydrogens is 488 g/mol. The van der Waals surface area contributed by atoms with E-state index in [9.17, 15) is 9.90 Å². The van der Waals surface area contributed by atoms with Crippen LogP contribution in [0.1, 0.15) is 37.8 Å². The topological polar surface area (TPSA) is 160 Å². The number of carbonyl (C=O) groups is 1. The van der Waals surface area contributed by atoms with Gasteiger partial charge in [-0.15, -0.1) is 5.10 Å². The van der Waals surface area contributed by atoms with Gasteiger partial charge < -0.3 is 20.1 Å². The van der Waals surface area contributed by atoms with Gasteiger partial charge in [-0.25, -0.2) is 19.4 Å². The number of piperidine rings is 1. The first-order valence-corrected chi connectivity index (χ1v) is 12.3. The van der Waals surface area contributed by atoms with Crippen molar-refractivity contribution >= 4 is 22.8 Å². The fourth-order valence-corrected chi connectivity index (χ4v) is 4.90. The van der Waals surface area contributed by atoms with E-state index in [-0.39, 0.29) is 12.6 Å². The first-order valence-electron chi connectivity index (χ1n) is 12.3. The Labute approximate surface area is 217 Å². The molecule has 1 amide bonds. The van der Waals surface area contributed by atoms with Crippen LogP contribution in [0.3, 0.4) is 0 Å². The number of carbonyl (C=O) groups excluding carboxylic acids is 1. The molecule has 4 aromatic rings. The molecule has 1 aliphatic heterocycles. The van der Waals surface area contributed by atoms with E-state index in [0.29, 0.717) is 41.7 Å². The second-order valence-corrected chi connectivity index (χ2v) is 9.95. The van der Waals surface area contributed by atoms with Crippen LogP contribution in [0.5, 0.6) is 0 Å². The van der Waals surface area contributed by atoms with E-state index in [1.807, 2.05) is 6.07 Å². The Morgan fingerprint density at radius 2 is 2.08 bits per heavy atom. The monoisotopic (exact) mass is 514 g/mol. The summed E-state index contributed by atoms with van der Waals surface area (Å²) in [6.45, 7) is 2.26. The lowest BCUT2D eigenvalue weighted by Crippen LogP contribution is -2.54. The zero-order valence-corrected chi connectivity index (χ0v) is 20.9. The molecule has 2 fully saturated rings. The van der Waals surface area contributed by atoms with Crippen molar-refractivity contribution in [2.24, 2.45) is 0 Å². The highest BCUT2D eigenvalue weighted by atomic mass is 16.5. The Morgan fingerprint density at radius 3 is 2.82 bits per heavy atom. The van der Waals surface area contributed by atoms with Crippen molar-refractivity contribution in [3.8, 4) is 23.1 Å². The highest BCUT2D eigenvalue weighted by molar-refractivity contribution is 5.79. The highest BCUT2D eigenvalue weighted by Crippen LogP contribution is 2.35. The second kappa shape index (κ2) is 9.07. The first kappa shape index (κ1) is 23.8. The van der Waals surface area contributed by atoms with Crippen molar-refractivity contribution in [3.05, 3.63) is 42.5 Å². The van der Waals surface area contributed by atoms with Gasteiger partial charge in [-0.05, 0) is 32.3 Å². The van der Waals surface area contributed by atoms with E-state index >= 15 is 0 Å². The molecule has 0 radical (unpaired) electrons. The number of aliphatic hydroxyl groups is 1. The molecule has 0 aromatic carbocycles. The van der Waals surface area contributed by atoms with Crippen LogP contribution in [0.2, 0.25) is 0 Å². The van der Waals surface area contributed by atoms with Crippen LogP contribution >= 0.6 is 0 Å². The SMILES string of the molecule is COC(=O)N1CCC(n2cc(-c3cnc(-n4ncc5cc(C#N)cnc54)cc3NC3CC3)nn2)C(C)(O)C1. The summed E-state index contributed by atoms with van der Waals surface area (Å²) in [4.78, 5) is 22.5. The van der Waals surface area contributed by atoms with Crippen LogP contribution in [-0.4, -0.2) is 82.7 Å². The number of amides is 1. The molecule has 2 unspecified atom stereocenters. The summed E-state index contributed by atoms with van der Waals surface area (Å²) >= 11 is 0. The van der Waals surface area contributed by atoms with Gasteiger partial charge >= 0.3 is 6.09 Å². The minimum Gasteiger partial charge on any atom is -0.453 e. The molecule has 1 saturated carbocycles. The number of hydrogen-bond acceptors (Lipinski definition) is 10. The smallest absolute Gasteiger partial charge is 0.409 e. The number of β-amino-alcohol motifs (C(OH)–C–C–N with tert-alkyl or cyclic N) is 1. The van der Waals surface area contributed by atoms with E-state index in [1.165, 1.54) is 18.2 Å². The van der Waals surface area contributed by atoms with Crippen molar-refractivity contribution in [1.82, 2.24) is 39.6 Å². The van der Waals surface area contributed by atoms with E-state index in [1.54, 1.807) is 40.9 Å². The van der Waals surface area contributed by atoms with Crippen LogP contribution in [0.15, 0.2) is 36.9 Å². The van der Waals surface area contributed by atoms with Crippen LogP contribution in [0.4, 0.5) is 10.5 Å². The molecule has 1 saturated heterocycles. The predicted molar refractivity (Wildman–Crippen MR) is 135 cm³/mol. The number of nitrogens with one attached hydrogen (secondary N) is 1. The third-order valence-corrected chi connectivity index (χ3v) is 7.02. The van der Waals surface area contributed by atoms with Gasteiger partial charge in [-0.1, -0.05) is 5.21 Å². The molecule has 2 atom stereocenters. The van der Waals surface area contributed by atoms with E-state index in [0.717, 1.165) is 29.5 Å². The number of pyridine rings is 2. The maximum absolute atomic E-state index is 12.0. The summed E-state index contributed by atoms with van der Waals surface area (Å²) in [5, 5.41) is 37.8. The Morgan fingerprint density at radius 1 is 1.24 bits per heavy atom. The van der Waals surface area contributed by atoms with E-state index < -0.39 is 11.7 Å². The van der Waals surface area contributed by atoms with Gasteiger partial charge in [-0.3, -0.25) is 0 Å². The van der Waals surface area contributed by atoms with Crippen molar-refractivity contribution in [1.29, 1.82) is 5.26 Å². The molecule has 13 heteroatoms. The molecular formula is C25H26N10O3. The molecule has 0 bridgehead atoms. The second-order valence-electron chi connectivity index (χ2n) is 9.95. The average Bonchev–Trinajstić information content (AvgIpc) is 3.43. The van der Waals surface area contributed by atoms with Crippen molar-refractivity contribution < 1.29 is 14.6 Å². The lowest BCUT2D eigenvalue weighted by atomic mass is 9.89. The molecule has 1 aliphatic carbocycles. The molecule has 194 valence electrons. The van der Waals surface area contributed by atoms with Crippen molar-refractivity contribution in [3.63, 3.8) is 0 Å². The largest absolute Gasteiger partial charge is 0.453 e. The maximum atomic E-state index is 12.0. The molecule has 4 aromatic heterocycles. The van der Waals surface area contributed by atoms with Gasteiger partial charge in [0.2, 0.25) is 0 Å². The number of nitriles is 1. The average molecular weight is 515 g/mol. The minimum atomic E-state index is -1.21. The summed E-state index contributed by atoms with van der Waals surface area (Å²) in [7, 11) is 1.33. The van der Waals surface area contributed by atoms with Crippen LogP contribution in [-0.2, 0) is 4.74 Å². The van der Waals surface area contributed by atoms with Gasteiger partial charge in [0.25, 0.3) is 0 Å². The summed E-state index contributed by atoms with van der Waals surface area (Å²) in [5.74, 6) is 0.578. The zero-order valence-electron chi connectivity index (χ0n) is 20.9. The summed E-state index contributed by atoms with van der Waals surface area (Å²) in [6, 6.07) is 5.75. The van der Waals surface area contributed by atoms with Gasteiger partial charge in [0.1, 0.15) is 17.4 Å². The van der Waals surface area contributed by atoms with E-state index in [2.05, 4.69) is 36.8 Å². The highest BCUT2D eigenvalue weighted by Gasteiger charge is 2.42. The molecule has 5 heterocycles. The molecule has 38 heavy (non-hydrogen) atoms. The Hall–Kier alpha value is -4.57. The Kier molecular flexibility index (Phi) is 5.68. The lowest BCUT2D eigenvalue weighted by molar-refractivity contribution is -0.0559. The van der Waals surface area contributed by atoms with Crippen molar-refractivity contribution in [2.45, 2.75) is 43.9 Å². The number of ether oxygens (including phenoxy) is 1. The standard InChI is InChI=1S/C25H26N10O3/c1-25(37)14-33(24(36)38-2)6-5-21(25)34-13-20(31-32-34)18-12-27-22(8-19(18)30-17-3-4-17)35-23-16(11-29-35)7-15(9-26)10-28-23/h7-8,10-13,17,21,37H,3-6,14H2,1-2H3,(H,27,30). The van der Waals surface area contributed by atoms with Crippen LogP contribution in [0.25, 0.3) is 28.1 Å². The third-order valence-electron chi connectivity index (χ3n) is 7.02. The van der Waals surface area contributed by atoms with Gasteiger partial charge in [0.15, 0.2) is 11.5 Å². The zero-order chi connectivity index (χ0) is 26.4. The first-order chi connectivity index (χ1) is 18.4. The maximum Gasteiger partial charge on any atom is 0.409 e. The predicted octanol–water partition coefficient (Wildman–Crippen LogP) is 2.28. The Balaban J connectivity index is 1.32. The number of rotatable bonds is 5. The number of aromatic nitrogens is 7. The normalized spacial score (nSPS) is 21.3. The summed E-state index contributed by atoms with van der Waals surface area (Å²) < 4.78 is 8.11. The Bertz CT molecular complexity index is 1570. The molecule has 6 rings (SSSR count). The fraction of sp³-hybridized carbons (Fsp3) is 0.400. The number of anilines is 1. The fourth-order valence-electron chi connectivity index (χ4n) is 4.90. The molecule has 2 N–H and O–H groups in total. The number of methoxy groups -OCH3 is 1. The van der Waals surface area contributed by atoms with E-state index in [4.69, 9.17) is 10.00 Å². The van der Waals surface area contributed by atoms with Crippen LogP contribution in [0, 0.1) is 11.3 Å². The van der Waals surface area contributed by atoms with Gasteiger partial charge in [0, 0.05) is 47.7 Å². The third kappa shape index (κ3) is 4.28. The molecule has 0 spiro atoms. The quantitative estimate of drug-likeness (QED) is 0.404. The lowest BCUT2D eigenvalue weighted by Gasteiger charge is -2.41. The molecule has 2 aliphatic rings. The number of likely N-dealkylation sites (tertiary alicyclic amines) is 1. The number of hydrogen-bond donors (Lipinski definition) is 2. The summed E-state index contributed by atoms with van der Waals surface area (Å²) in [5.41, 5.74) is 2.08. The van der Waals surface area contributed by atoms with Gasteiger partial charge in [0.05, 0.1) is 37.7 Å². The number of nitrogens with zero attached hydrogens (tertiary/aromatic N) is 9. The van der Waals surface area contributed by atoms with Crippen LogP contribution < -0.4 is 5.32 Å². The number of fused-ring (bicyclic) bond motifs is 1. The van der Waals surface area contributed by atoms with Crippen molar-refractivity contribution in [2.75, 3.05) is 25.5 Å². The van der Waals surface area contributed by atoms with Gasteiger partial charge in [-0.2, -0.15) is 15.0 Å².